The van der Waals surface area contributed by atoms with Gasteiger partial charge < -0.3 is 9.84 Å². The maximum Gasteiger partial charge on any atom is 0.337 e. The largest absolute Gasteiger partial charge is 0.459 e. The van der Waals surface area contributed by atoms with Crippen molar-refractivity contribution in [3.05, 3.63) is 9.66 Å². The molecule has 0 amide bonds. The number of esters is 1. The molecule has 128 valence electrons. The molecule has 1 rings (SSSR count). The molecule has 0 unspecified atom stereocenters. The van der Waals surface area contributed by atoms with Crippen LogP contribution in [0.4, 0.5) is 0 Å². The van der Waals surface area contributed by atoms with Gasteiger partial charge >= 0.3 is 5.97 Å². The number of carbonyl (C=O) groups excluding carboxylic acids is 1. The predicted octanol–water partition coefficient (Wildman–Crippen LogP) is 4.86. The van der Waals surface area contributed by atoms with E-state index in [0.717, 1.165) is 25.7 Å². The van der Waals surface area contributed by atoms with Crippen molar-refractivity contribution in [2.75, 3.05) is 0 Å². The van der Waals surface area contributed by atoms with Gasteiger partial charge in [0, 0.05) is 0 Å². The van der Waals surface area contributed by atoms with Gasteiger partial charge in [0.1, 0.15) is 6.10 Å². The Hall–Kier alpha value is -0.100. The molecule has 3 nitrogen and oxygen atoms in total. The number of hydrogen-bond acceptors (Lipinski definition) is 3. The van der Waals surface area contributed by atoms with Crippen LogP contribution >= 0.6 is 22.6 Å². The topological polar surface area (TPSA) is 46.5 Å². The first-order valence-corrected chi connectivity index (χ1v) is 9.84. The minimum atomic E-state index is -0.706. The molecule has 0 aliphatic heterocycles. The monoisotopic (exact) mass is 422 g/mol. The minimum Gasteiger partial charge on any atom is -0.459 e. The number of unbranched alkanes of at least 4 members (excludes halogenated alkanes) is 1. The first-order valence-electron chi connectivity index (χ1n) is 8.59. The van der Waals surface area contributed by atoms with Crippen LogP contribution in [0.5, 0.6) is 0 Å². The average molecular weight is 422 g/mol. The average Bonchev–Trinajstić information content (AvgIpc) is 2.45. The van der Waals surface area contributed by atoms with E-state index in [0.29, 0.717) is 29.7 Å². The molecule has 0 saturated heterocycles. The molecule has 0 heterocycles. The normalized spacial score (nSPS) is 27.8. The van der Waals surface area contributed by atoms with Gasteiger partial charge in [-0.1, -0.05) is 69.5 Å². The molecule has 0 radical (unpaired) electrons. The van der Waals surface area contributed by atoms with Crippen molar-refractivity contribution in [1.29, 1.82) is 0 Å². The standard InChI is InChI=1S/C18H31IO3/c1-5-6-7-16(20)15(11-19)18(21)22-17-10-13(4)8-9-14(17)12(2)3/h11-14,16-17,20H,5-10H2,1-4H3/b15-11-/t13-,14+,16-,17-/m1/s1. The number of hydrogen-bond donors (Lipinski definition) is 1. The molecule has 0 aromatic rings. The van der Waals surface area contributed by atoms with Crippen LogP contribution in [0.2, 0.25) is 0 Å². The molecule has 4 atom stereocenters. The number of ether oxygens (including phenoxy) is 1. The van der Waals surface area contributed by atoms with E-state index in [2.05, 4.69) is 27.7 Å². The zero-order valence-electron chi connectivity index (χ0n) is 14.3. The van der Waals surface area contributed by atoms with Crippen LogP contribution in [0.3, 0.4) is 0 Å². The maximum atomic E-state index is 12.5. The summed E-state index contributed by atoms with van der Waals surface area (Å²) in [6.45, 7) is 8.71. The van der Waals surface area contributed by atoms with Gasteiger partial charge in [0.2, 0.25) is 0 Å². The fourth-order valence-corrected chi connectivity index (χ4v) is 3.93. The van der Waals surface area contributed by atoms with E-state index in [4.69, 9.17) is 4.74 Å². The van der Waals surface area contributed by atoms with Gasteiger partial charge in [-0.2, -0.15) is 0 Å². The Kier molecular flexibility index (Phi) is 8.98. The number of aliphatic hydroxyl groups excluding tert-OH is 1. The fraction of sp³-hybridized carbons (Fsp3) is 0.833. The summed E-state index contributed by atoms with van der Waals surface area (Å²) in [6.07, 6.45) is 5.10. The first kappa shape index (κ1) is 19.9. The fourth-order valence-electron chi connectivity index (χ4n) is 3.26. The number of halogens is 1. The molecule has 0 bridgehead atoms. The molecule has 4 heteroatoms. The van der Waals surface area contributed by atoms with Crippen molar-refractivity contribution in [3.8, 4) is 0 Å². The summed E-state index contributed by atoms with van der Waals surface area (Å²) in [6, 6.07) is 0. The van der Waals surface area contributed by atoms with Crippen molar-refractivity contribution in [3.63, 3.8) is 0 Å². The Labute approximate surface area is 149 Å². The van der Waals surface area contributed by atoms with Crippen molar-refractivity contribution >= 4 is 28.6 Å². The smallest absolute Gasteiger partial charge is 0.337 e. The van der Waals surface area contributed by atoms with Gasteiger partial charge in [0.15, 0.2) is 0 Å². The second kappa shape index (κ2) is 9.91. The Morgan fingerprint density at radius 1 is 1.41 bits per heavy atom. The molecule has 0 aromatic carbocycles. The van der Waals surface area contributed by atoms with Crippen LogP contribution < -0.4 is 0 Å². The highest BCUT2D eigenvalue weighted by atomic mass is 127. The van der Waals surface area contributed by atoms with Gasteiger partial charge in [-0.25, -0.2) is 4.79 Å². The Balaban J connectivity index is 2.70. The highest BCUT2D eigenvalue weighted by Crippen LogP contribution is 2.35. The van der Waals surface area contributed by atoms with Crippen LogP contribution in [0, 0.1) is 17.8 Å². The second-order valence-electron chi connectivity index (χ2n) is 6.99. The van der Waals surface area contributed by atoms with Crippen molar-refractivity contribution in [2.24, 2.45) is 17.8 Å². The summed E-state index contributed by atoms with van der Waals surface area (Å²) in [7, 11) is 0. The van der Waals surface area contributed by atoms with Crippen molar-refractivity contribution in [1.82, 2.24) is 0 Å². The van der Waals surface area contributed by atoms with E-state index in [1.165, 1.54) is 6.42 Å². The van der Waals surface area contributed by atoms with E-state index in [-0.39, 0.29) is 12.1 Å². The molecule has 0 spiro atoms. The third-order valence-corrected chi connectivity index (χ3v) is 5.43. The third kappa shape index (κ3) is 5.84. The maximum absolute atomic E-state index is 12.5. The zero-order chi connectivity index (χ0) is 16.7. The number of aliphatic hydroxyl groups is 1. The molecule has 1 fully saturated rings. The lowest BCUT2D eigenvalue weighted by molar-refractivity contribution is -0.152. The van der Waals surface area contributed by atoms with Gasteiger partial charge in [-0.3, -0.25) is 0 Å². The molecule has 22 heavy (non-hydrogen) atoms. The molecule has 0 aromatic heterocycles. The molecular formula is C18H31IO3. The van der Waals surface area contributed by atoms with Crippen LogP contribution in [0.25, 0.3) is 0 Å². The lowest BCUT2D eigenvalue weighted by Crippen LogP contribution is -2.37. The summed E-state index contributed by atoms with van der Waals surface area (Å²) in [5, 5.41) is 10.2. The molecule has 1 N–H and O–H groups in total. The Morgan fingerprint density at radius 2 is 2.09 bits per heavy atom. The molecule has 1 saturated carbocycles. The van der Waals surface area contributed by atoms with Crippen molar-refractivity contribution in [2.45, 2.75) is 78.4 Å². The summed E-state index contributed by atoms with van der Waals surface area (Å²) >= 11 is 2.03. The highest BCUT2D eigenvalue weighted by Gasteiger charge is 2.34. The van der Waals surface area contributed by atoms with E-state index >= 15 is 0 Å². The number of carbonyl (C=O) groups is 1. The molecular weight excluding hydrogens is 391 g/mol. The van der Waals surface area contributed by atoms with Gasteiger partial charge in [-0.15, -0.1) is 0 Å². The van der Waals surface area contributed by atoms with Crippen LogP contribution in [-0.2, 0) is 9.53 Å². The van der Waals surface area contributed by atoms with Gasteiger partial charge in [0.05, 0.1) is 11.7 Å². The summed E-state index contributed by atoms with van der Waals surface area (Å²) in [4.78, 5) is 12.5. The lowest BCUT2D eigenvalue weighted by Gasteiger charge is -2.37. The predicted molar refractivity (Wildman–Crippen MR) is 98.9 cm³/mol. The minimum absolute atomic E-state index is 0.0130. The molecule has 1 aliphatic rings. The van der Waals surface area contributed by atoms with E-state index < -0.39 is 6.10 Å². The third-order valence-electron chi connectivity index (χ3n) is 4.76. The summed E-state index contributed by atoms with van der Waals surface area (Å²) in [5.41, 5.74) is 0.412. The first-order chi connectivity index (χ1) is 10.4. The Morgan fingerprint density at radius 3 is 2.64 bits per heavy atom. The summed E-state index contributed by atoms with van der Waals surface area (Å²) in [5.74, 6) is 1.22. The zero-order valence-corrected chi connectivity index (χ0v) is 16.5. The van der Waals surface area contributed by atoms with Gasteiger partial charge in [-0.05, 0) is 41.1 Å². The van der Waals surface area contributed by atoms with Crippen molar-refractivity contribution < 1.29 is 14.6 Å². The van der Waals surface area contributed by atoms with E-state index in [1.54, 1.807) is 4.08 Å². The van der Waals surface area contributed by atoms with Crippen LogP contribution in [0.1, 0.15) is 66.2 Å². The summed E-state index contributed by atoms with van der Waals surface area (Å²) < 4.78 is 7.50. The second-order valence-corrected chi connectivity index (χ2v) is 7.62. The van der Waals surface area contributed by atoms with E-state index in [1.807, 2.05) is 22.6 Å². The molecule has 1 aliphatic carbocycles. The quantitative estimate of drug-likeness (QED) is 0.362. The van der Waals surface area contributed by atoms with Crippen LogP contribution in [0.15, 0.2) is 9.66 Å². The lowest BCUT2D eigenvalue weighted by atomic mass is 9.75. The number of rotatable bonds is 7. The van der Waals surface area contributed by atoms with E-state index in [9.17, 15) is 9.90 Å². The SMILES string of the molecule is CCCC[C@@H](O)/C(=C/I)C(=O)O[C@@H]1C[C@H](C)CC[C@H]1C(C)C. The highest BCUT2D eigenvalue weighted by molar-refractivity contribution is 14.1. The van der Waals surface area contributed by atoms with Gasteiger partial charge in [0.25, 0.3) is 0 Å². The van der Waals surface area contributed by atoms with Crippen LogP contribution in [-0.4, -0.2) is 23.3 Å². The Bertz CT molecular complexity index is 379.